The molecule has 142 valence electrons. The van der Waals surface area contributed by atoms with Gasteiger partial charge >= 0.3 is 0 Å². The Hall–Kier alpha value is -1.57. The smallest absolute Gasteiger partial charge is 0.252 e. The van der Waals surface area contributed by atoms with Crippen LogP contribution in [0.25, 0.3) is 0 Å². The highest BCUT2D eigenvalue weighted by Crippen LogP contribution is 2.19. The summed E-state index contributed by atoms with van der Waals surface area (Å²) in [5, 5.41) is 0. The number of hydrogen-bond acceptors (Lipinski definition) is 5. The van der Waals surface area contributed by atoms with Crippen molar-refractivity contribution in [1.82, 2.24) is 9.88 Å². The van der Waals surface area contributed by atoms with Crippen LogP contribution in [0, 0.1) is 5.92 Å². The maximum Gasteiger partial charge on any atom is 0.252 e. The van der Waals surface area contributed by atoms with Gasteiger partial charge in [-0.1, -0.05) is 13.8 Å². The van der Waals surface area contributed by atoms with Gasteiger partial charge in [-0.3, -0.25) is 9.59 Å². The average molecular weight is 392 g/mol. The second-order valence-electron chi connectivity index (χ2n) is 6.29. The number of halogens is 2. The fourth-order valence-corrected chi connectivity index (χ4v) is 2.82. The molecule has 1 aromatic rings. The van der Waals surface area contributed by atoms with E-state index in [9.17, 15) is 9.59 Å². The molecule has 0 aromatic carbocycles. The third-order valence-electron chi connectivity index (χ3n) is 3.99. The number of amides is 2. The minimum Gasteiger partial charge on any atom is -0.365 e. The maximum absolute atomic E-state index is 12.3. The van der Waals surface area contributed by atoms with Crippen LogP contribution in [-0.4, -0.2) is 53.9 Å². The number of piperazine rings is 1. The maximum atomic E-state index is 12.3. The topological polar surface area (TPSA) is 106 Å². The summed E-state index contributed by atoms with van der Waals surface area (Å²) in [5.74, 6) is 0.473. The molecule has 1 aliphatic rings. The zero-order chi connectivity index (χ0) is 17.0. The van der Waals surface area contributed by atoms with Crippen molar-refractivity contribution in [2.45, 2.75) is 26.3 Å². The molecule has 0 unspecified atom stereocenters. The number of rotatable bonds is 5. The number of carbonyl (C=O) groups is 2. The Bertz CT molecular complexity index is 577. The van der Waals surface area contributed by atoms with Crippen LogP contribution >= 0.6 is 24.8 Å². The number of primary amides is 1. The van der Waals surface area contributed by atoms with Gasteiger partial charge in [0.1, 0.15) is 5.82 Å². The molecule has 1 saturated heterocycles. The quantitative estimate of drug-likeness (QED) is 0.779. The van der Waals surface area contributed by atoms with E-state index in [1.54, 1.807) is 23.2 Å². The molecule has 0 spiro atoms. The highest BCUT2D eigenvalue weighted by Gasteiger charge is 2.27. The Morgan fingerprint density at radius 3 is 2.32 bits per heavy atom. The van der Waals surface area contributed by atoms with E-state index in [2.05, 4.69) is 18.8 Å². The molecule has 7 nitrogen and oxygen atoms in total. The summed E-state index contributed by atoms with van der Waals surface area (Å²) in [6, 6.07) is 2.91. The lowest BCUT2D eigenvalue weighted by atomic mass is 10.0. The molecule has 2 rings (SSSR count). The van der Waals surface area contributed by atoms with Gasteiger partial charge in [-0.15, -0.1) is 24.8 Å². The lowest BCUT2D eigenvalue weighted by Crippen LogP contribution is -2.53. The molecule has 1 aliphatic heterocycles. The molecule has 0 bridgehead atoms. The van der Waals surface area contributed by atoms with Crippen LogP contribution in [0.5, 0.6) is 0 Å². The summed E-state index contributed by atoms with van der Waals surface area (Å²) in [4.78, 5) is 31.9. The first kappa shape index (κ1) is 23.4. The molecule has 4 N–H and O–H groups in total. The third kappa shape index (κ3) is 6.02. The summed E-state index contributed by atoms with van der Waals surface area (Å²) in [6.07, 6.45) is 2.32. The molecular weight excluding hydrogens is 365 g/mol. The lowest BCUT2D eigenvalue weighted by Gasteiger charge is -2.37. The summed E-state index contributed by atoms with van der Waals surface area (Å²) in [6.45, 7) is 6.46. The normalized spacial score (nSPS) is 15.2. The fraction of sp³-hybridized carbons (Fsp3) is 0.562. The van der Waals surface area contributed by atoms with E-state index in [1.807, 2.05) is 4.90 Å². The molecule has 2 heterocycles. The van der Waals surface area contributed by atoms with E-state index in [4.69, 9.17) is 11.5 Å². The number of carbonyl (C=O) groups excluding carboxylic acids is 2. The number of nitrogens with zero attached hydrogens (tertiary/aromatic N) is 3. The van der Waals surface area contributed by atoms with E-state index in [0.717, 1.165) is 0 Å². The Morgan fingerprint density at radius 2 is 1.80 bits per heavy atom. The molecule has 0 saturated carbocycles. The molecular formula is C16H27Cl2N5O2. The fourth-order valence-electron chi connectivity index (χ4n) is 2.82. The summed E-state index contributed by atoms with van der Waals surface area (Å²) in [5.41, 5.74) is 11.8. The SMILES string of the molecule is CC(C)C[C@H](N)C(=O)N1CCN(c2ncccc2C(N)=O)CC1.Cl.Cl. The predicted molar refractivity (Wildman–Crippen MR) is 103 cm³/mol. The van der Waals surface area contributed by atoms with Crippen LogP contribution in [0.3, 0.4) is 0 Å². The first-order chi connectivity index (χ1) is 10.9. The Kier molecular flexibility index (Phi) is 9.77. The van der Waals surface area contributed by atoms with Crippen LogP contribution < -0.4 is 16.4 Å². The van der Waals surface area contributed by atoms with Gasteiger partial charge in [-0.05, 0) is 24.5 Å². The van der Waals surface area contributed by atoms with E-state index < -0.39 is 11.9 Å². The molecule has 25 heavy (non-hydrogen) atoms. The van der Waals surface area contributed by atoms with E-state index in [1.165, 1.54) is 0 Å². The Balaban J connectivity index is 0.00000288. The van der Waals surface area contributed by atoms with Crippen LogP contribution in [0.2, 0.25) is 0 Å². The lowest BCUT2D eigenvalue weighted by molar-refractivity contribution is -0.133. The van der Waals surface area contributed by atoms with Crippen molar-refractivity contribution >= 4 is 42.4 Å². The van der Waals surface area contributed by atoms with Crippen molar-refractivity contribution in [3.63, 3.8) is 0 Å². The van der Waals surface area contributed by atoms with Crippen molar-refractivity contribution < 1.29 is 9.59 Å². The third-order valence-corrected chi connectivity index (χ3v) is 3.99. The number of anilines is 1. The van der Waals surface area contributed by atoms with Gasteiger partial charge in [0, 0.05) is 32.4 Å². The molecule has 9 heteroatoms. The van der Waals surface area contributed by atoms with Crippen LogP contribution in [-0.2, 0) is 4.79 Å². The van der Waals surface area contributed by atoms with Gasteiger partial charge in [0.05, 0.1) is 11.6 Å². The number of aromatic nitrogens is 1. The van der Waals surface area contributed by atoms with Crippen LogP contribution in [0.1, 0.15) is 30.6 Å². The molecule has 0 radical (unpaired) electrons. The summed E-state index contributed by atoms with van der Waals surface area (Å²) >= 11 is 0. The van der Waals surface area contributed by atoms with Gasteiger partial charge in [0.25, 0.3) is 5.91 Å². The zero-order valence-electron chi connectivity index (χ0n) is 14.6. The average Bonchev–Trinajstić information content (AvgIpc) is 2.53. The molecule has 1 atom stereocenters. The van der Waals surface area contributed by atoms with Gasteiger partial charge < -0.3 is 21.3 Å². The molecule has 1 fully saturated rings. The first-order valence-electron chi connectivity index (χ1n) is 7.94. The van der Waals surface area contributed by atoms with Gasteiger partial charge in [0.15, 0.2) is 0 Å². The predicted octanol–water partition coefficient (Wildman–Crippen LogP) is 1.05. The van der Waals surface area contributed by atoms with Crippen LogP contribution in [0.4, 0.5) is 5.82 Å². The summed E-state index contributed by atoms with van der Waals surface area (Å²) in [7, 11) is 0. The number of hydrogen-bond donors (Lipinski definition) is 2. The molecule has 0 aliphatic carbocycles. The van der Waals surface area contributed by atoms with Gasteiger partial charge in [-0.2, -0.15) is 0 Å². The summed E-state index contributed by atoms with van der Waals surface area (Å²) < 4.78 is 0. The zero-order valence-corrected chi connectivity index (χ0v) is 16.2. The standard InChI is InChI=1S/C16H25N5O2.2ClH/c1-11(2)10-13(17)16(23)21-8-6-20(7-9-21)15-12(14(18)22)4-3-5-19-15;;/h3-5,11,13H,6-10,17H2,1-2H3,(H2,18,22);2*1H/t13-;;/m0../s1. The van der Waals surface area contributed by atoms with Crippen molar-refractivity contribution in [3.8, 4) is 0 Å². The molecule has 1 aromatic heterocycles. The van der Waals surface area contributed by atoms with Crippen LogP contribution in [0.15, 0.2) is 18.3 Å². The number of nitrogens with two attached hydrogens (primary N) is 2. The second kappa shape index (κ2) is 10.4. The first-order valence-corrected chi connectivity index (χ1v) is 7.94. The van der Waals surface area contributed by atoms with Crippen molar-refractivity contribution in [1.29, 1.82) is 0 Å². The van der Waals surface area contributed by atoms with E-state index >= 15 is 0 Å². The monoisotopic (exact) mass is 391 g/mol. The number of pyridine rings is 1. The van der Waals surface area contributed by atoms with E-state index in [-0.39, 0.29) is 30.7 Å². The highest BCUT2D eigenvalue weighted by atomic mass is 35.5. The highest BCUT2D eigenvalue weighted by molar-refractivity contribution is 5.97. The van der Waals surface area contributed by atoms with Crippen molar-refractivity contribution in [3.05, 3.63) is 23.9 Å². The van der Waals surface area contributed by atoms with Crippen molar-refractivity contribution in [2.75, 3.05) is 31.1 Å². The minimum absolute atomic E-state index is 0. The molecule has 2 amide bonds. The van der Waals surface area contributed by atoms with E-state index in [0.29, 0.717) is 49.9 Å². The Labute approximate surface area is 160 Å². The van der Waals surface area contributed by atoms with Gasteiger partial charge in [0.2, 0.25) is 5.91 Å². The van der Waals surface area contributed by atoms with Crippen molar-refractivity contribution in [2.24, 2.45) is 17.4 Å². The largest absolute Gasteiger partial charge is 0.365 e. The Morgan fingerprint density at radius 1 is 1.20 bits per heavy atom. The van der Waals surface area contributed by atoms with Gasteiger partial charge in [-0.25, -0.2) is 4.98 Å². The minimum atomic E-state index is -0.495. The second-order valence-corrected chi connectivity index (χ2v) is 6.29.